The minimum Gasteiger partial charge on any atom is -0.446 e. The molecule has 0 saturated carbocycles. The summed E-state index contributed by atoms with van der Waals surface area (Å²) in [6.45, 7) is 4.58. The summed E-state index contributed by atoms with van der Waals surface area (Å²) in [5, 5.41) is 2.69. The van der Waals surface area contributed by atoms with E-state index in [1.807, 2.05) is 13.8 Å². The number of nitrogens with two attached hydrogens (primary N) is 2. The molecule has 6 heteroatoms. The van der Waals surface area contributed by atoms with Crippen LogP contribution in [0.15, 0.2) is 0 Å². The van der Waals surface area contributed by atoms with Gasteiger partial charge in [0.15, 0.2) is 6.23 Å². The molecule has 0 aromatic rings. The van der Waals surface area contributed by atoms with Gasteiger partial charge in [0.25, 0.3) is 0 Å². The SMILES string of the molecule is CCCCNC(=O)C[C@H](N)C(=O)OC(N)CCC. The molecular formula is C12H25N3O3. The second-order valence-electron chi connectivity index (χ2n) is 4.28. The van der Waals surface area contributed by atoms with Gasteiger partial charge in [-0.3, -0.25) is 15.3 Å². The lowest BCUT2D eigenvalue weighted by Crippen LogP contribution is -2.41. The van der Waals surface area contributed by atoms with Gasteiger partial charge in [0.05, 0.1) is 6.42 Å². The number of esters is 1. The van der Waals surface area contributed by atoms with Crippen molar-refractivity contribution >= 4 is 11.9 Å². The summed E-state index contributed by atoms with van der Waals surface area (Å²) in [7, 11) is 0. The van der Waals surface area contributed by atoms with Crippen LogP contribution < -0.4 is 16.8 Å². The van der Waals surface area contributed by atoms with Crippen molar-refractivity contribution < 1.29 is 14.3 Å². The molecular weight excluding hydrogens is 234 g/mol. The Morgan fingerprint density at radius 3 is 2.44 bits per heavy atom. The van der Waals surface area contributed by atoms with Gasteiger partial charge in [-0.15, -0.1) is 0 Å². The summed E-state index contributed by atoms with van der Waals surface area (Å²) >= 11 is 0. The van der Waals surface area contributed by atoms with Crippen LogP contribution in [0, 0.1) is 0 Å². The third-order valence-corrected chi connectivity index (χ3v) is 2.40. The summed E-state index contributed by atoms with van der Waals surface area (Å²) in [4.78, 5) is 22.9. The lowest BCUT2D eigenvalue weighted by molar-refractivity contribution is -0.152. The fourth-order valence-corrected chi connectivity index (χ4v) is 1.34. The van der Waals surface area contributed by atoms with E-state index in [1.165, 1.54) is 0 Å². The first-order valence-electron chi connectivity index (χ1n) is 6.49. The van der Waals surface area contributed by atoms with E-state index in [4.69, 9.17) is 16.2 Å². The summed E-state index contributed by atoms with van der Waals surface area (Å²) in [5.74, 6) is -0.862. The van der Waals surface area contributed by atoms with Crippen molar-refractivity contribution in [2.24, 2.45) is 11.5 Å². The Bertz CT molecular complexity index is 259. The minimum absolute atomic E-state index is 0.0681. The second kappa shape index (κ2) is 9.85. The summed E-state index contributed by atoms with van der Waals surface area (Å²) in [6.07, 6.45) is 2.60. The van der Waals surface area contributed by atoms with Crippen molar-refractivity contribution in [2.45, 2.75) is 58.2 Å². The number of nitrogens with one attached hydrogen (secondary N) is 1. The van der Waals surface area contributed by atoms with Crippen LogP contribution in [0.2, 0.25) is 0 Å². The normalized spacial score (nSPS) is 13.8. The predicted octanol–water partition coefficient (Wildman–Crippen LogP) is 0.248. The molecule has 0 aliphatic carbocycles. The van der Waals surface area contributed by atoms with Gasteiger partial charge in [0, 0.05) is 6.54 Å². The van der Waals surface area contributed by atoms with Crippen LogP contribution in [0.1, 0.15) is 46.0 Å². The van der Waals surface area contributed by atoms with E-state index in [-0.39, 0.29) is 12.3 Å². The zero-order valence-electron chi connectivity index (χ0n) is 11.3. The average Bonchev–Trinajstić information content (AvgIpc) is 2.29. The quantitative estimate of drug-likeness (QED) is 0.312. The van der Waals surface area contributed by atoms with Gasteiger partial charge in [-0.05, 0) is 12.8 Å². The highest BCUT2D eigenvalue weighted by Gasteiger charge is 2.20. The molecule has 6 nitrogen and oxygen atoms in total. The summed E-state index contributed by atoms with van der Waals surface area (Å²) < 4.78 is 4.91. The molecule has 2 atom stereocenters. The Morgan fingerprint density at radius 2 is 1.89 bits per heavy atom. The summed E-state index contributed by atoms with van der Waals surface area (Å²) in [6, 6.07) is -0.950. The van der Waals surface area contributed by atoms with Crippen molar-refractivity contribution in [3.8, 4) is 0 Å². The lowest BCUT2D eigenvalue weighted by atomic mass is 10.2. The highest BCUT2D eigenvalue weighted by atomic mass is 16.6. The maximum Gasteiger partial charge on any atom is 0.325 e. The predicted molar refractivity (Wildman–Crippen MR) is 69.5 cm³/mol. The number of unbranched alkanes of at least 4 members (excludes halogenated alkanes) is 1. The Labute approximate surface area is 108 Å². The van der Waals surface area contributed by atoms with Crippen molar-refractivity contribution in [1.29, 1.82) is 0 Å². The number of hydrogen-bond donors (Lipinski definition) is 3. The van der Waals surface area contributed by atoms with Gasteiger partial charge in [-0.25, -0.2) is 0 Å². The van der Waals surface area contributed by atoms with E-state index < -0.39 is 18.2 Å². The Hall–Kier alpha value is -1.14. The molecule has 106 valence electrons. The molecule has 0 heterocycles. The fraction of sp³-hybridized carbons (Fsp3) is 0.833. The monoisotopic (exact) mass is 259 g/mol. The highest BCUT2D eigenvalue weighted by Crippen LogP contribution is 1.99. The van der Waals surface area contributed by atoms with Crippen LogP contribution in [0.3, 0.4) is 0 Å². The number of carbonyl (C=O) groups excluding carboxylic acids is 2. The molecule has 0 aromatic carbocycles. The number of rotatable bonds is 9. The molecule has 0 saturated heterocycles. The molecule has 0 aromatic heterocycles. The molecule has 5 N–H and O–H groups in total. The number of amides is 1. The largest absolute Gasteiger partial charge is 0.446 e. The molecule has 0 aliphatic rings. The van der Waals surface area contributed by atoms with Crippen molar-refractivity contribution in [3.05, 3.63) is 0 Å². The van der Waals surface area contributed by atoms with E-state index in [0.717, 1.165) is 19.3 Å². The van der Waals surface area contributed by atoms with Gasteiger partial charge in [0.2, 0.25) is 5.91 Å². The van der Waals surface area contributed by atoms with Crippen LogP contribution in [-0.2, 0) is 14.3 Å². The van der Waals surface area contributed by atoms with E-state index in [1.54, 1.807) is 0 Å². The summed E-state index contributed by atoms with van der Waals surface area (Å²) in [5.41, 5.74) is 11.1. The van der Waals surface area contributed by atoms with Crippen molar-refractivity contribution in [1.82, 2.24) is 5.32 Å². The highest BCUT2D eigenvalue weighted by molar-refractivity contribution is 5.85. The number of carbonyl (C=O) groups is 2. The Morgan fingerprint density at radius 1 is 1.22 bits per heavy atom. The van der Waals surface area contributed by atoms with Gasteiger partial charge >= 0.3 is 5.97 Å². The zero-order chi connectivity index (χ0) is 14.0. The first-order valence-corrected chi connectivity index (χ1v) is 6.49. The number of hydrogen-bond acceptors (Lipinski definition) is 5. The molecule has 0 spiro atoms. The second-order valence-corrected chi connectivity index (χ2v) is 4.28. The van der Waals surface area contributed by atoms with Crippen LogP contribution in [0.4, 0.5) is 0 Å². The average molecular weight is 259 g/mol. The minimum atomic E-state index is -0.950. The van der Waals surface area contributed by atoms with Gasteiger partial charge in [-0.2, -0.15) is 0 Å². The number of ether oxygens (including phenoxy) is 1. The Balaban J connectivity index is 3.88. The van der Waals surface area contributed by atoms with Crippen LogP contribution >= 0.6 is 0 Å². The molecule has 0 radical (unpaired) electrons. The van der Waals surface area contributed by atoms with Gasteiger partial charge in [-0.1, -0.05) is 26.7 Å². The molecule has 1 unspecified atom stereocenters. The van der Waals surface area contributed by atoms with Gasteiger partial charge in [0.1, 0.15) is 6.04 Å². The third-order valence-electron chi connectivity index (χ3n) is 2.40. The topological polar surface area (TPSA) is 107 Å². The zero-order valence-corrected chi connectivity index (χ0v) is 11.3. The van der Waals surface area contributed by atoms with E-state index in [2.05, 4.69) is 5.32 Å². The standard InChI is InChI=1S/C12H25N3O3/c1-3-5-7-15-11(16)8-9(13)12(17)18-10(14)6-4-2/h9-10H,3-8,13-14H2,1-2H3,(H,15,16)/t9-,10?/m0/s1. The molecule has 1 amide bonds. The molecule has 0 rings (SSSR count). The first kappa shape index (κ1) is 16.9. The molecule has 0 aliphatic heterocycles. The van der Waals surface area contributed by atoms with E-state index >= 15 is 0 Å². The smallest absolute Gasteiger partial charge is 0.325 e. The Kier molecular flexibility index (Phi) is 9.22. The van der Waals surface area contributed by atoms with Crippen molar-refractivity contribution in [2.75, 3.05) is 6.54 Å². The van der Waals surface area contributed by atoms with Crippen LogP contribution in [0.5, 0.6) is 0 Å². The van der Waals surface area contributed by atoms with Crippen LogP contribution in [-0.4, -0.2) is 30.7 Å². The maximum atomic E-state index is 11.5. The third kappa shape index (κ3) is 8.03. The first-order chi connectivity index (χ1) is 8.51. The molecule has 0 fully saturated rings. The van der Waals surface area contributed by atoms with E-state index in [0.29, 0.717) is 13.0 Å². The maximum absolute atomic E-state index is 11.5. The molecule has 18 heavy (non-hydrogen) atoms. The van der Waals surface area contributed by atoms with Crippen molar-refractivity contribution in [3.63, 3.8) is 0 Å². The lowest BCUT2D eigenvalue weighted by Gasteiger charge is -2.15. The molecule has 0 bridgehead atoms. The fourth-order valence-electron chi connectivity index (χ4n) is 1.34. The van der Waals surface area contributed by atoms with Gasteiger partial charge < -0.3 is 15.8 Å². The van der Waals surface area contributed by atoms with E-state index in [9.17, 15) is 9.59 Å². The van der Waals surface area contributed by atoms with Crippen LogP contribution in [0.25, 0.3) is 0 Å².